The molecule has 2 aliphatic heterocycles. The van der Waals surface area contributed by atoms with Crippen molar-refractivity contribution >= 4 is 54.7 Å². The summed E-state index contributed by atoms with van der Waals surface area (Å²) in [5, 5.41) is 9.30. The van der Waals surface area contributed by atoms with Crippen molar-refractivity contribution in [3.05, 3.63) is 215 Å². The van der Waals surface area contributed by atoms with Crippen molar-refractivity contribution in [1.82, 2.24) is 19.6 Å². The second kappa shape index (κ2) is 13.8. The molecule has 58 heavy (non-hydrogen) atoms. The van der Waals surface area contributed by atoms with Gasteiger partial charge in [0.2, 0.25) is 11.6 Å². The zero-order valence-electron chi connectivity index (χ0n) is 32.0. The molecular formula is C52H40N4O2. The number of benzene rings is 8. The summed E-state index contributed by atoms with van der Waals surface area (Å²) in [6.07, 6.45) is 0. The minimum absolute atomic E-state index is 0.0896. The van der Waals surface area contributed by atoms with Crippen molar-refractivity contribution in [2.75, 3.05) is 13.3 Å². The topological polar surface area (TPSA) is 47.1 Å². The monoisotopic (exact) mass is 752 g/mol. The van der Waals surface area contributed by atoms with Crippen LogP contribution in [0, 0.1) is 0 Å². The molecule has 8 aromatic rings. The van der Waals surface area contributed by atoms with Gasteiger partial charge in [-0.05, 0) is 89.6 Å². The van der Waals surface area contributed by atoms with E-state index in [9.17, 15) is 0 Å². The van der Waals surface area contributed by atoms with Crippen molar-refractivity contribution in [3.8, 4) is 0 Å². The molecule has 0 saturated carbocycles. The van der Waals surface area contributed by atoms with Gasteiger partial charge in [0.15, 0.2) is 0 Å². The van der Waals surface area contributed by atoms with E-state index in [4.69, 9.17) is 0 Å². The van der Waals surface area contributed by atoms with E-state index < -0.39 is 0 Å². The van der Waals surface area contributed by atoms with Crippen LogP contribution in [0.1, 0.15) is 22.3 Å². The molecule has 0 amide bonds. The minimum Gasteiger partial charge on any atom is -0.344 e. The van der Waals surface area contributed by atoms with Crippen LogP contribution in [-0.2, 0) is 35.8 Å². The normalized spacial score (nSPS) is 15.5. The lowest BCUT2D eigenvalue weighted by atomic mass is 9.97. The van der Waals surface area contributed by atoms with Gasteiger partial charge < -0.3 is 19.6 Å². The Kier molecular flexibility index (Phi) is 8.10. The lowest BCUT2D eigenvalue weighted by molar-refractivity contribution is -0.118. The average Bonchev–Trinajstić information content (AvgIpc) is 3.80. The lowest BCUT2D eigenvalue weighted by Gasteiger charge is -2.26. The molecule has 0 saturated heterocycles. The van der Waals surface area contributed by atoms with E-state index in [1.165, 1.54) is 21.5 Å². The molecule has 0 aromatic heterocycles. The lowest BCUT2D eigenvalue weighted by Crippen LogP contribution is -2.34. The van der Waals surface area contributed by atoms with E-state index in [2.05, 4.69) is 189 Å². The van der Waals surface area contributed by atoms with Gasteiger partial charge in [0, 0.05) is 26.2 Å². The Bertz CT molecular complexity index is 2650. The second-order valence-electron chi connectivity index (χ2n) is 15.9. The number of carbonyl (C=O) groups excluding carboxylic acids is 2. The molecular weight excluding hydrogens is 713 g/mol. The third kappa shape index (κ3) is 5.96. The fourth-order valence-corrected chi connectivity index (χ4v) is 9.27. The highest BCUT2D eigenvalue weighted by atomic mass is 16.1. The number of Topliss-reactive ketones (excluding diaryl/α,β-unsaturated/α-hetero) is 2. The van der Waals surface area contributed by atoms with Crippen molar-refractivity contribution in [3.63, 3.8) is 0 Å². The van der Waals surface area contributed by atoms with Gasteiger partial charge in [0.25, 0.3) is 0 Å². The predicted molar refractivity (Wildman–Crippen MR) is 232 cm³/mol. The van der Waals surface area contributed by atoms with E-state index in [0.29, 0.717) is 62.3 Å². The largest absolute Gasteiger partial charge is 0.344 e. The maximum atomic E-state index is 15.4. The Balaban J connectivity index is 1.00. The average molecular weight is 753 g/mol. The highest BCUT2D eigenvalue weighted by molar-refractivity contribution is 6.25. The molecule has 0 bridgehead atoms. The summed E-state index contributed by atoms with van der Waals surface area (Å²) in [6, 6.07) is 59.3. The molecule has 0 N–H and O–H groups in total. The number of rotatable bonds is 8. The van der Waals surface area contributed by atoms with Crippen molar-refractivity contribution in [2.24, 2.45) is 0 Å². The van der Waals surface area contributed by atoms with Gasteiger partial charge in [0.1, 0.15) is 22.8 Å². The van der Waals surface area contributed by atoms with Crippen LogP contribution < -0.4 is 0 Å². The number of ketones is 2. The first kappa shape index (κ1) is 34.1. The van der Waals surface area contributed by atoms with Gasteiger partial charge in [-0.25, -0.2) is 0 Å². The van der Waals surface area contributed by atoms with E-state index in [1.807, 2.05) is 0 Å². The van der Waals surface area contributed by atoms with Crippen LogP contribution >= 0.6 is 0 Å². The Morgan fingerprint density at radius 1 is 0.293 bits per heavy atom. The van der Waals surface area contributed by atoms with Crippen LogP contribution in [-0.4, -0.2) is 44.5 Å². The summed E-state index contributed by atoms with van der Waals surface area (Å²) in [4.78, 5) is 39.3. The highest BCUT2D eigenvalue weighted by Crippen LogP contribution is 2.42. The first-order valence-electron chi connectivity index (χ1n) is 20.0. The standard InChI is InChI=1S/C52H40N4O2/c57-51-47-48(54(30-36-18-22-40-10-2-6-14-44(40)26-36)33-53(47)29-35-17-21-39-9-1-5-13-43(39)25-35)52(58)50-49(51)55(31-37-19-23-41-11-3-7-15-45(41)27-37)34-56(50)32-38-20-24-42-12-4-8-16-46(42)28-38/h1-28H,29-34H2. The Hall–Kier alpha value is -7.18. The SMILES string of the molecule is O=C1C2=C(C(=O)C3=C1N(Cc1ccc4ccccc4c1)CN3Cc1ccc3ccccc3c1)N(Cc1ccc3ccccc3c1)CN2Cc1ccc2ccccc2c1. The molecule has 0 unspecified atom stereocenters. The number of hydrogen-bond acceptors (Lipinski definition) is 6. The van der Waals surface area contributed by atoms with E-state index in [1.54, 1.807) is 0 Å². The van der Waals surface area contributed by atoms with E-state index in [0.717, 1.165) is 43.8 Å². The molecule has 2 heterocycles. The summed E-state index contributed by atoms with van der Waals surface area (Å²) in [7, 11) is 0. The van der Waals surface area contributed by atoms with Crippen LogP contribution in [0.2, 0.25) is 0 Å². The first-order chi connectivity index (χ1) is 28.5. The second-order valence-corrected chi connectivity index (χ2v) is 15.9. The number of fused-ring (bicyclic) bond motifs is 4. The number of carbonyl (C=O) groups is 2. The van der Waals surface area contributed by atoms with Crippen LogP contribution in [0.4, 0.5) is 0 Å². The van der Waals surface area contributed by atoms with Gasteiger partial charge in [-0.3, -0.25) is 9.59 Å². The van der Waals surface area contributed by atoms with Gasteiger partial charge >= 0.3 is 0 Å². The third-order valence-electron chi connectivity index (χ3n) is 12.0. The molecule has 0 radical (unpaired) electrons. The Morgan fingerprint density at radius 3 is 0.759 bits per heavy atom. The Labute approximate surface area is 337 Å². The maximum absolute atomic E-state index is 15.4. The summed E-state index contributed by atoms with van der Waals surface area (Å²) < 4.78 is 0. The highest BCUT2D eigenvalue weighted by Gasteiger charge is 2.50. The van der Waals surface area contributed by atoms with Crippen LogP contribution in [0.15, 0.2) is 193 Å². The third-order valence-corrected chi connectivity index (χ3v) is 12.0. The fraction of sp³-hybridized carbons (Fsp3) is 0.115. The van der Waals surface area contributed by atoms with Crippen LogP contribution in [0.25, 0.3) is 43.1 Å². The van der Waals surface area contributed by atoms with Gasteiger partial charge in [0.05, 0.1) is 13.3 Å². The van der Waals surface area contributed by atoms with Gasteiger partial charge in [-0.1, -0.05) is 146 Å². The number of nitrogens with zero attached hydrogens (tertiary/aromatic N) is 4. The molecule has 280 valence electrons. The maximum Gasteiger partial charge on any atom is 0.229 e. The molecule has 0 spiro atoms. The first-order valence-corrected chi connectivity index (χ1v) is 20.0. The Morgan fingerprint density at radius 2 is 0.517 bits per heavy atom. The van der Waals surface area contributed by atoms with Crippen molar-refractivity contribution < 1.29 is 9.59 Å². The molecule has 6 heteroatoms. The van der Waals surface area contributed by atoms with Gasteiger partial charge in [-0.2, -0.15) is 0 Å². The summed E-state index contributed by atoms with van der Waals surface area (Å²) in [5.41, 5.74) is 6.35. The summed E-state index contributed by atoms with van der Waals surface area (Å²) in [5.74, 6) is -0.179. The minimum atomic E-state index is -0.0896. The molecule has 0 fully saturated rings. The summed E-state index contributed by atoms with van der Waals surface area (Å²) in [6.45, 7) is 2.88. The van der Waals surface area contributed by atoms with Crippen LogP contribution in [0.3, 0.4) is 0 Å². The zero-order chi connectivity index (χ0) is 38.7. The molecule has 11 rings (SSSR count). The quantitative estimate of drug-likeness (QED) is 0.144. The molecule has 1 aliphatic carbocycles. The number of hydrogen-bond donors (Lipinski definition) is 0. The summed E-state index contributed by atoms with van der Waals surface area (Å²) >= 11 is 0. The van der Waals surface area contributed by atoms with Gasteiger partial charge in [-0.15, -0.1) is 0 Å². The van der Waals surface area contributed by atoms with Crippen LogP contribution in [0.5, 0.6) is 0 Å². The van der Waals surface area contributed by atoms with E-state index >= 15 is 9.59 Å². The molecule has 8 aromatic carbocycles. The molecule has 0 atom stereocenters. The fourth-order valence-electron chi connectivity index (χ4n) is 9.27. The smallest absolute Gasteiger partial charge is 0.229 e. The predicted octanol–water partition coefficient (Wildman–Crippen LogP) is 10.1. The zero-order valence-corrected chi connectivity index (χ0v) is 32.0. The van der Waals surface area contributed by atoms with E-state index in [-0.39, 0.29) is 11.6 Å². The van der Waals surface area contributed by atoms with Crippen molar-refractivity contribution in [2.45, 2.75) is 26.2 Å². The molecule has 3 aliphatic rings. The molecule has 6 nitrogen and oxygen atoms in total. The van der Waals surface area contributed by atoms with Crippen molar-refractivity contribution in [1.29, 1.82) is 0 Å².